The maximum atomic E-state index is 13.4. The second-order valence-corrected chi connectivity index (χ2v) is 11.0. The Bertz CT molecular complexity index is 1360. The van der Waals surface area contributed by atoms with Gasteiger partial charge in [-0.05, 0) is 72.8 Å². The van der Waals surface area contributed by atoms with Crippen molar-refractivity contribution < 1.29 is 32.6 Å². The number of amides is 1. The Morgan fingerprint density at radius 3 is 1.34 bits per heavy atom. The number of esters is 2. The van der Waals surface area contributed by atoms with E-state index in [-0.39, 0.29) is 37.8 Å². The Hall–Kier alpha value is -3.21. The third kappa shape index (κ3) is 9.90. The minimum atomic E-state index is -0.678. The molecule has 9 nitrogen and oxygen atoms in total. The highest BCUT2D eigenvalue weighted by Crippen LogP contribution is 2.19. The van der Waals surface area contributed by atoms with Crippen molar-refractivity contribution >= 4 is 80.1 Å². The zero-order chi connectivity index (χ0) is 32.1. The number of anilines is 3. The molecule has 0 bridgehead atoms. The lowest BCUT2D eigenvalue weighted by Gasteiger charge is -2.23. The topological polar surface area (TPSA) is 82.6 Å². The van der Waals surface area contributed by atoms with Crippen molar-refractivity contribution in [3.63, 3.8) is 0 Å². The Labute approximate surface area is 283 Å². The molecule has 3 rings (SSSR count). The van der Waals surface area contributed by atoms with Gasteiger partial charge in [0.15, 0.2) is 13.6 Å². The van der Waals surface area contributed by atoms with Crippen molar-refractivity contribution in [1.82, 2.24) is 4.90 Å². The van der Waals surface area contributed by atoms with Crippen molar-refractivity contribution in [3.05, 3.63) is 89.5 Å². The van der Waals surface area contributed by atoms with E-state index in [1.165, 1.54) is 26.8 Å². The first kappa shape index (κ1) is 35.3. The Kier molecular flexibility index (Phi) is 14.4. The summed E-state index contributed by atoms with van der Waals surface area (Å²) in [5.41, 5.74) is 3.22. The predicted molar refractivity (Wildman–Crippen MR) is 185 cm³/mol. The van der Waals surface area contributed by atoms with Crippen LogP contribution in [0.4, 0.5) is 25.8 Å². The van der Waals surface area contributed by atoms with Gasteiger partial charge in [0.2, 0.25) is 0 Å². The first-order valence-corrected chi connectivity index (χ1v) is 16.6. The number of nitrogens with zero attached hydrogens (tertiary/aromatic N) is 4. The van der Waals surface area contributed by atoms with Gasteiger partial charge in [-0.25, -0.2) is 18.4 Å². The molecule has 0 aliphatic rings. The van der Waals surface area contributed by atoms with Crippen LogP contribution in [0, 0.1) is 0 Å². The van der Waals surface area contributed by atoms with Crippen molar-refractivity contribution in [2.45, 2.75) is 0 Å². The molecule has 0 aliphatic heterocycles. The zero-order valence-corrected chi connectivity index (χ0v) is 28.7. The largest absolute Gasteiger partial charge is 0.460 e. The Morgan fingerprint density at radius 1 is 0.614 bits per heavy atom. The van der Waals surface area contributed by atoms with Gasteiger partial charge in [-0.15, -0.1) is 0 Å². The lowest BCUT2D eigenvalue weighted by Crippen LogP contribution is -2.37. The van der Waals surface area contributed by atoms with E-state index in [9.17, 15) is 23.2 Å². The maximum Gasteiger partial charge on any atom is 0.338 e. The number of rotatable bonds is 16. The normalized spacial score (nSPS) is 10.6. The van der Waals surface area contributed by atoms with Crippen molar-refractivity contribution in [1.29, 1.82) is 0 Å². The van der Waals surface area contributed by atoms with Crippen molar-refractivity contribution in [2.75, 3.05) is 77.8 Å². The SMILES string of the molecule is CN(CF)c1ccc(C(=O)OCCN(CCOC(=O)c2ccc(N(CI)CI)cc2)C(=O)c2ccc(N(C)CF)cc2)cc1. The molecule has 0 atom stereocenters. The highest BCUT2D eigenvalue weighted by Gasteiger charge is 2.19. The molecule has 0 saturated carbocycles. The third-order valence-electron chi connectivity index (χ3n) is 6.69. The number of ether oxygens (including phenoxy) is 2. The van der Waals surface area contributed by atoms with Gasteiger partial charge in [-0.3, -0.25) is 4.79 Å². The van der Waals surface area contributed by atoms with Crippen LogP contribution < -0.4 is 14.7 Å². The zero-order valence-electron chi connectivity index (χ0n) is 24.4. The first-order chi connectivity index (χ1) is 21.2. The van der Waals surface area contributed by atoms with E-state index in [4.69, 9.17) is 9.47 Å². The minimum absolute atomic E-state index is 0.0358. The van der Waals surface area contributed by atoms with Gasteiger partial charge in [0.25, 0.3) is 5.91 Å². The summed E-state index contributed by atoms with van der Waals surface area (Å²) in [6, 6.07) is 19.8. The maximum absolute atomic E-state index is 13.4. The van der Waals surface area contributed by atoms with Crippen molar-refractivity contribution in [2.24, 2.45) is 0 Å². The summed E-state index contributed by atoms with van der Waals surface area (Å²) in [5.74, 6) is -1.48. The average molecular weight is 834 g/mol. The second-order valence-electron chi connectivity index (χ2n) is 9.62. The highest BCUT2D eigenvalue weighted by molar-refractivity contribution is 14.1. The molecule has 0 fully saturated rings. The van der Waals surface area contributed by atoms with Crippen LogP contribution >= 0.6 is 45.2 Å². The van der Waals surface area contributed by atoms with Gasteiger partial charge < -0.3 is 29.1 Å². The standard InChI is InChI=1S/C31H34F2I2N4O5/c1-36(19-32)26-9-3-23(4-10-26)29(40)38(15-17-43-30(41)24-5-11-27(12-6-24)37(2)20-33)16-18-44-31(42)25-7-13-28(14-8-25)39(21-34)22-35/h3-14H,15-22H2,1-2H3. The summed E-state index contributed by atoms with van der Waals surface area (Å²) >= 11 is 4.55. The number of carbonyl (C=O) groups is 3. The van der Waals surface area contributed by atoms with E-state index in [1.54, 1.807) is 62.6 Å². The molecule has 3 aromatic carbocycles. The van der Waals surface area contributed by atoms with Crippen LogP contribution in [-0.4, -0.2) is 85.8 Å². The number of alkyl halides is 4. The number of carbonyl (C=O) groups excluding carboxylic acids is 3. The highest BCUT2D eigenvalue weighted by atomic mass is 127. The number of halogens is 4. The smallest absolute Gasteiger partial charge is 0.338 e. The monoisotopic (exact) mass is 834 g/mol. The summed E-state index contributed by atoms with van der Waals surface area (Å²) in [4.78, 5) is 45.0. The molecule has 3 aromatic rings. The summed E-state index contributed by atoms with van der Waals surface area (Å²) < 4.78 is 38.4. The fraction of sp³-hybridized carbons (Fsp3) is 0.323. The number of hydrogen-bond donors (Lipinski definition) is 0. The van der Waals surface area contributed by atoms with Crippen LogP contribution in [0.5, 0.6) is 0 Å². The Balaban J connectivity index is 1.64. The summed E-state index contributed by atoms with van der Waals surface area (Å²) in [5, 5.41) is 0. The molecule has 0 unspecified atom stereocenters. The van der Waals surface area contributed by atoms with Crippen LogP contribution in [0.1, 0.15) is 31.1 Å². The molecule has 1 amide bonds. The van der Waals surface area contributed by atoms with Crippen molar-refractivity contribution in [3.8, 4) is 0 Å². The summed E-state index contributed by atoms with van der Waals surface area (Å²) in [6.45, 7) is -1.45. The van der Waals surface area contributed by atoms with E-state index >= 15 is 0 Å². The molecule has 0 spiro atoms. The number of hydrogen-bond acceptors (Lipinski definition) is 8. The molecular formula is C31H34F2I2N4O5. The van der Waals surface area contributed by atoms with E-state index in [2.05, 4.69) is 50.1 Å². The molecule has 44 heavy (non-hydrogen) atoms. The molecule has 0 heterocycles. The average Bonchev–Trinajstić information content (AvgIpc) is 3.07. The second kappa shape index (κ2) is 17.9. The molecule has 0 aliphatic carbocycles. The van der Waals surface area contributed by atoms with Gasteiger partial charge in [-0.1, -0.05) is 45.2 Å². The predicted octanol–water partition coefficient (Wildman–Crippen LogP) is 6.16. The summed E-state index contributed by atoms with van der Waals surface area (Å²) in [6.07, 6.45) is 0. The molecule has 13 heteroatoms. The molecule has 0 aromatic heterocycles. The molecule has 0 N–H and O–H groups in total. The van der Waals surface area contributed by atoms with Gasteiger partial charge in [-0.2, -0.15) is 0 Å². The van der Waals surface area contributed by atoms with E-state index < -0.39 is 25.5 Å². The van der Waals surface area contributed by atoms with E-state index in [0.717, 1.165) is 14.8 Å². The fourth-order valence-electron chi connectivity index (χ4n) is 3.99. The first-order valence-electron chi connectivity index (χ1n) is 13.6. The van der Waals surface area contributed by atoms with Crippen LogP contribution in [0.15, 0.2) is 72.8 Å². The van der Waals surface area contributed by atoms with Crippen LogP contribution in [0.2, 0.25) is 0 Å². The van der Waals surface area contributed by atoms with Crippen LogP contribution in [0.25, 0.3) is 0 Å². The summed E-state index contributed by atoms with van der Waals surface area (Å²) in [7, 11) is 3.18. The van der Waals surface area contributed by atoms with Crippen LogP contribution in [0.3, 0.4) is 0 Å². The quantitative estimate of drug-likeness (QED) is 0.0736. The van der Waals surface area contributed by atoms with E-state index in [0.29, 0.717) is 22.5 Å². The molecule has 0 saturated heterocycles. The minimum Gasteiger partial charge on any atom is -0.460 e. The van der Waals surface area contributed by atoms with E-state index in [1.807, 2.05) is 12.1 Å². The van der Waals surface area contributed by atoms with Crippen LogP contribution in [-0.2, 0) is 9.47 Å². The Morgan fingerprint density at radius 2 is 0.977 bits per heavy atom. The van der Waals surface area contributed by atoms with Gasteiger partial charge in [0, 0.05) is 36.7 Å². The third-order valence-corrected chi connectivity index (χ3v) is 8.34. The lowest BCUT2D eigenvalue weighted by atomic mass is 10.1. The number of benzene rings is 3. The lowest BCUT2D eigenvalue weighted by molar-refractivity contribution is 0.0362. The fourth-order valence-corrected chi connectivity index (χ4v) is 6.18. The molecule has 0 radical (unpaired) electrons. The van der Waals surface area contributed by atoms with Gasteiger partial charge in [0.1, 0.15) is 13.2 Å². The van der Waals surface area contributed by atoms with Gasteiger partial charge in [0.05, 0.1) is 33.3 Å². The molecular weight excluding hydrogens is 800 g/mol. The van der Waals surface area contributed by atoms with Gasteiger partial charge >= 0.3 is 11.9 Å². The molecule has 236 valence electrons.